The van der Waals surface area contributed by atoms with E-state index in [9.17, 15) is 13.2 Å². The van der Waals surface area contributed by atoms with Crippen LogP contribution < -0.4 is 9.47 Å². The van der Waals surface area contributed by atoms with Gasteiger partial charge in [0.2, 0.25) is 0 Å². The standard InChI is InChI=1S/C10H10ClF3O2/c1-15-8-3-2-7(5-11)9(4-8)16-6-10(12,13)14/h2-4H,5-6H2,1H3. The first-order valence-electron chi connectivity index (χ1n) is 4.38. The monoisotopic (exact) mass is 254 g/mol. The molecule has 0 amide bonds. The van der Waals surface area contributed by atoms with Crippen LogP contribution in [0, 0.1) is 0 Å². The van der Waals surface area contributed by atoms with Gasteiger partial charge in [0, 0.05) is 11.6 Å². The third kappa shape index (κ3) is 3.81. The molecule has 0 aliphatic carbocycles. The largest absolute Gasteiger partial charge is 0.497 e. The van der Waals surface area contributed by atoms with Crippen LogP contribution in [-0.4, -0.2) is 19.9 Å². The van der Waals surface area contributed by atoms with Gasteiger partial charge >= 0.3 is 6.18 Å². The van der Waals surface area contributed by atoms with Crippen LogP contribution in [0.5, 0.6) is 11.5 Å². The van der Waals surface area contributed by atoms with E-state index in [0.717, 1.165) is 0 Å². The highest BCUT2D eigenvalue weighted by atomic mass is 35.5. The fourth-order valence-electron chi connectivity index (χ4n) is 1.07. The molecule has 0 bridgehead atoms. The van der Waals surface area contributed by atoms with E-state index < -0.39 is 12.8 Å². The van der Waals surface area contributed by atoms with Gasteiger partial charge in [-0.1, -0.05) is 6.07 Å². The first-order valence-corrected chi connectivity index (χ1v) is 4.92. The summed E-state index contributed by atoms with van der Waals surface area (Å²) in [6.07, 6.45) is -4.37. The number of ether oxygens (including phenoxy) is 2. The van der Waals surface area contributed by atoms with Gasteiger partial charge in [0.25, 0.3) is 0 Å². The normalized spacial score (nSPS) is 11.3. The van der Waals surface area contributed by atoms with Crippen molar-refractivity contribution in [3.05, 3.63) is 23.8 Å². The van der Waals surface area contributed by atoms with E-state index in [1.54, 1.807) is 12.1 Å². The molecular weight excluding hydrogens is 245 g/mol. The molecule has 0 fully saturated rings. The summed E-state index contributed by atoms with van der Waals surface area (Å²) in [5, 5.41) is 0. The Morgan fingerprint density at radius 3 is 2.50 bits per heavy atom. The minimum atomic E-state index is -4.37. The molecule has 2 nitrogen and oxygen atoms in total. The van der Waals surface area contributed by atoms with Crippen molar-refractivity contribution < 1.29 is 22.6 Å². The van der Waals surface area contributed by atoms with Crippen LogP contribution in [0.15, 0.2) is 18.2 Å². The number of rotatable bonds is 4. The van der Waals surface area contributed by atoms with Crippen LogP contribution in [0.4, 0.5) is 13.2 Å². The van der Waals surface area contributed by atoms with Crippen molar-refractivity contribution in [2.75, 3.05) is 13.7 Å². The van der Waals surface area contributed by atoms with Crippen molar-refractivity contribution in [2.45, 2.75) is 12.1 Å². The van der Waals surface area contributed by atoms with Crippen molar-refractivity contribution in [3.63, 3.8) is 0 Å². The fraction of sp³-hybridized carbons (Fsp3) is 0.400. The summed E-state index contributed by atoms with van der Waals surface area (Å²) in [7, 11) is 1.42. The maximum absolute atomic E-state index is 12.0. The number of halogens is 4. The second kappa shape index (κ2) is 5.30. The van der Waals surface area contributed by atoms with Gasteiger partial charge in [0.15, 0.2) is 6.61 Å². The Labute approximate surface area is 95.9 Å². The first kappa shape index (κ1) is 13.0. The molecule has 6 heteroatoms. The molecule has 0 radical (unpaired) electrons. The van der Waals surface area contributed by atoms with E-state index in [0.29, 0.717) is 11.3 Å². The van der Waals surface area contributed by atoms with Crippen molar-refractivity contribution in [2.24, 2.45) is 0 Å². The lowest BCUT2D eigenvalue weighted by molar-refractivity contribution is -0.153. The van der Waals surface area contributed by atoms with Gasteiger partial charge in [-0.2, -0.15) is 13.2 Å². The van der Waals surface area contributed by atoms with E-state index in [1.807, 2.05) is 0 Å². The zero-order valence-corrected chi connectivity index (χ0v) is 9.23. The third-order valence-electron chi connectivity index (χ3n) is 1.81. The number of alkyl halides is 4. The van der Waals surface area contributed by atoms with Gasteiger partial charge in [0.1, 0.15) is 11.5 Å². The summed E-state index contributed by atoms with van der Waals surface area (Å²) >= 11 is 5.58. The van der Waals surface area contributed by atoms with Crippen LogP contribution in [0.1, 0.15) is 5.56 Å². The minimum absolute atomic E-state index is 0.0805. The Bertz CT molecular complexity index is 352. The number of methoxy groups -OCH3 is 1. The second-order valence-corrected chi connectivity index (χ2v) is 3.28. The summed E-state index contributed by atoms with van der Waals surface area (Å²) in [5.41, 5.74) is 0.492. The van der Waals surface area contributed by atoms with Crippen molar-refractivity contribution in [1.29, 1.82) is 0 Å². The summed E-state index contributed by atoms with van der Waals surface area (Å²) < 4.78 is 45.4. The SMILES string of the molecule is COc1ccc(CCl)c(OCC(F)(F)F)c1. The molecule has 90 valence electrons. The van der Waals surface area contributed by atoms with Crippen molar-refractivity contribution in [3.8, 4) is 11.5 Å². The highest BCUT2D eigenvalue weighted by Gasteiger charge is 2.28. The van der Waals surface area contributed by atoms with Crippen LogP contribution in [0.3, 0.4) is 0 Å². The highest BCUT2D eigenvalue weighted by molar-refractivity contribution is 6.17. The van der Waals surface area contributed by atoms with Crippen LogP contribution in [0.2, 0.25) is 0 Å². The highest BCUT2D eigenvalue weighted by Crippen LogP contribution is 2.27. The molecule has 0 unspecified atom stereocenters. The lowest BCUT2D eigenvalue weighted by Crippen LogP contribution is -2.19. The average Bonchev–Trinajstić information content (AvgIpc) is 2.25. The Hall–Kier alpha value is -1.10. The van der Waals surface area contributed by atoms with Crippen LogP contribution in [-0.2, 0) is 5.88 Å². The molecule has 0 aliphatic rings. The molecule has 0 saturated carbocycles. The summed E-state index contributed by atoms with van der Waals surface area (Å²) in [6, 6.07) is 4.55. The third-order valence-corrected chi connectivity index (χ3v) is 2.10. The molecule has 0 N–H and O–H groups in total. The Morgan fingerprint density at radius 1 is 1.31 bits per heavy atom. The predicted octanol–water partition coefficient (Wildman–Crippen LogP) is 3.38. The molecule has 0 atom stereocenters. The zero-order valence-electron chi connectivity index (χ0n) is 8.47. The molecule has 1 rings (SSSR count). The van der Waals surface area contributed by atoms with Crippen molar-refractivity contribution in [1.82, 2.24) is 0 Å². The van der Waals surface area contributed by atoms with E-state index in [1.165, 1.54) is 13.2 Å². The molecule has 0 aromatic heterocycles. The maximum Gasteiger partial charge on any atom is 0.422 e. The quantitative estimate of drug-likeness (QED) is 0.767. The fourth-order valence-corrected chi connectivity index (χ4v) is 1.29. The number of hydrogen-bond donors (Lipinski definition) is 0. The van der Waals surface area contributed by atoms with Crippen molar-refractivity contribution >= 4 is 11.6 Å². The Kier molecular flexibility index (Phi) is 4.29. The molecule has 0 spiro atoms. The number of benzene rings is 1. The second-order valence-electron chi connectivity index (χ2n) is 3.01. The summed E-state index contributed by atoms with van der Waals surface area (Å²) in [6.45, 7) is -1.34. The average molecular weight is 255 g/mol. The van der Waals surface area contributed by atoms with Gasteiger partial charge in [-0.15, -0.1) is 11.6 Å². The van der Waals surface area contributed by atoms with Crippen LogP contribution in [0.25, 0.3) is 0 Å². The van der Waals surface area contributed by atoms with Gasteiger partial charge in [-0.05, 0) is 6.07 Å². The van der Waals surface area contributed by atoms with E-state index in [4.69, 9.17) is 16.3 Å². The van der Waals surface area contributed by atoms with Crippen LogP contribution >= 0.6 is 11.6 Å². The smallest absolute Gasteiger partial charge is 0.422 e. The predicted molar refractivity (Wildman–Crippen MR) is 54.1 cm³/mol. The Morgan fingerprint density at radius 2 is 2.00 bits per heavy atom. The van der Waals surface area contributed by atoms with E-state index in [2.05, 4.69) is 4.74 Å². The zero-order chi connectivity index (χ0) is 12.2. The molecule has 0 aliphatic heterocycles. The Balaban J connectivity index is 2.83. The number of hydrogen-bond acceptors (Lipinski definition) is 2. The van der Waals surface area contributed by atoms with Gasteiger partial charge < -0.3 is 9.47 Å². The molecular formula is C10H10ClF3O2. The summed E-state index contributed by atoms with van der Waals surface area (Å²) in [5.74, 6) is 0.592. The summed E-state index contributed by atoms with van der Waals surface area (Å²) in [4.78, 5) is 0. The molecule has 0 saturated heterocycles. The topological polar surface area (TPSA) is 18.5 Å². The molecule has 0 heterocycles. The minimum Gasteiger partial charge on any atom is -0.497 e. The van der Waals surface area contributed by atoms with E-state index >= 15 is 0 Å². The van der Waals surface area contributed by atoms with Gasteiger partial charge in [-0.25, -0.2) is 0 Å². The molecule has 1 aromatic carbocycles. The molecule has 1 aromatic rings. The van der Waals surface area contributed by atoms with Gasteiger partial charge in [0.05, 0.1) is 13.0 Å². The lowest BCUT2D eigenvalue weighted by atomic mass is 10.2. The van der Waals surface area contributed by atoms with Gasteiger partial charge in [-0.3, -0.25) is 0 Å². The maximum atomic E-state index is 12.0. The van der Waals surface area contributed by atoms with E-state index in [-0.39, 0.29) is 11.6 Å². The lowest BCUT2D eigenvalue weighted by Gasteiger charge is -2.13. The first-order chi connectivity index (χ1) is 7.46. The molecule has 16 heavy (non-hydrogen) atoms.